The molecule has 2 aliphatic carbocycles. The summed E-state index contributed by atoms with van der Waals surface area (Å²) < 4.78 is 22.0. The van der Waals surface area contributed by atoms with Crippen molar-refractivity contribution in [3.63, 3.8) is 0 Å². The minimum atomic E-state index is -0.456. The maximum Gasteiger partial charge on any atom is 0.407 e. The molecule has 1 aromatic heterocycles. The Morgan fingerprint density at radius 2 is 1.74 bits per heavy atom. The predicted molar refractivity (Wildman–Crippen MR) is 164 cm³/mol. The summed E-state index contributed by atoms with van der Waals surface area (Å²) in [5.74, 6) is 6.73. The predicted octanol–water partition coefficient (Wildman–Crippen LogP) is 5.89. The Morgan fingerprint density at radius 1 is 1.02 bits per heavy atom. The summed E-state index contributed by atoms with van der Waals surface area (Å²) in [4.78, 5) is 43.1. The Bertz CT molecular complexity index is 1230. The Hall–Kier alpha value is -2.61. The van der Waals surface area contributed by atoms with Crippen LogP contribution < -0.4 is 10.2 Å². The van der Waals surface area contributed by atoms with E-state index in [0.717, 1.165) is 37.0 Å². The molecule has 5 rings (SSSR count). The number of hydrogen-bond acceptors (Lipinski definition) is 8. The highest BCUT2D eigenvalue weighted by molar-refractivity contribution is 7.15. The van der Waals surface area contributed by atoms with Crippen LogP contribution >= 0.6 is 11.3 Å². The van der Waals surface area contributed by atoms with Gasteiger partial charge in [-0.25, -0.2) is 9.59 Å². The minimum absolute atomic E-state index is 0.0510. The molecule has 2 amide bonds. The van der Waals surface area contributed by atoms with Gasteiger partial charge in [0.15, 0.2) is 6.29 Å². The summed E-state index contributed by atoms with van der Waals surface area (Å²) in [6.45, 7) is 9.35. The monoisotopic (exact) mass is 614 g/mol. The number of anilines is 1. The van der Waals surface area contributed by atoms with Crippen molar-refractivity contribution in [1.29, 1.82) is 0 Å². The zero-order chi connectivity index (χ0) is 30.7. The first-order valence-electron chi connectivity index (χ1n) is 15.8. The second-order valence-corrected chi connectivity index (χ2v) is 14.7. The third kappa shape index (κ3) is 7.73. The average Bonchev–Trinajstić information content (AvgIpc) is 3.70. The van der Waals surface area contributed by atoms with Crippen molar-refractivity contribution in [2.24, 2.45) is 23.2 Å². The van der Waals surface area contributed by atoms with Crippen molar-refractivity contribution in [2.45, 2.75) is 110 Å². The van der Waals surface area contributed by atoms with E-state index in [-0.39, 0.29) is 47.6 Å². The Morgan fingerprint density at radius 3 is 2.42 bits per heavy atom. The maximum atomic E-state index is 14.3. The van der Waals surface area contributed by atoms with Crippen LogP contribution in [0.1, 0.15) is 100 Å². The van der Waals surface area contributed by atoms with Crippen LogP contribution in [0, 0.1) is 35.0 Å². The van der Waals surface area contributed by atoms with Gasteiger partial charge in [0.1, 0.15) is 11.0 Å². The fraction of sp³-hybridized carbons (Fsp3) is 0.727. The molecular weight excluding hydrogens is 568 g/mol. The Kier molecular flexibility index (Phi) is 10.0. The van der Waals surface area contributed by atoms with Gasteiger partial charge < -0.3 is 29.2 Å². The van der Waals surface area contributed by atoms with Gasteiger partial charge in [-0.3, -0.25) is 4.79 Å². The number of esters is 1. The molecule has 0 spiro atoms. The number of nitrogens with zero attached hydrogens (tertiary/aromatic N) is 1. The smallest absolute Gasteiger partial charge is 0.407 e. The molecule has 1 aromatic rings. The molecule has 2 saturated heterocycles. The molecule has 236 valence electrons. The first-order chi connectivity index (χ1) is 20.5. The zero-order valence-corrected chi connectivity index (χ0v) is 26.9. The lowest BCUT2D eigenvalue weighted by molar-refractivity contribution is -0.124. The number of amides is 2. The highest BCUT2D eigenvalue weighted by Crippen LogP contribution is 2.39. The van der Waals surface area contributed by atoms with Gasteiger partial charge in [-0.1, -0.05) is 18.8 Å². The molecule has 3 heterocycles. The standard InChI is InChI=1S/C33H46N2O7S/c1-20-6-8-21(9-7-20)29(36)35(26-18-24(14-16-33(2,3)4)43-28(26)30(37)39-5)23-12-10-22(11-13-23)34-32(38)42-27-19-41-31-25(27)15-17-40-31/h18,20-23,25,27,31H,6-13,15,17,19H2,1-5H3,(H,34,38)/t20?,21?,22?,23?,25-,27-,31+/m0/s1. The van der Waals surface area contributed by atoms with E-state index in [2.05, 4.69) is 24.1 Å². The number of alkyl carbamates (subject to hydrolysis) is 1. The molecule has 3 atom stereocenters. The van der Waals surface area contributed by atoms with Crippen LogP contribution in [0.4, 0.5) is 10.5 Å². The second-order valence-electron chi connectivity index (χ2n) is 13.6. The van der Waals surface area contributed by atoms with Gasteiger partial charge in [0.25, 0.3) is 0 Å². The van der Waals surface area contributed by atoms with E-state index in [1.165, 1.54) is 18.4 Å². The average molecular weight is 615 g/mol. The van der Waals surface area contributed by atoms with Crippen LogP contribution in [0.15, 0.2) is 6.07 Å². The fourth-order valence-electron chi connectivity index (χ4n) is 6.67. The van der Waals surface area contributed by atoms with Crippen molar-refractivity contribution in [2.75, 3.05) is 25.2 Å². The van der Waals surface area contributed by atoms with Gasteiger partial charge in [0.2, 0.25) is 5.91 Å². The van der Waals surface area contributed by atoms with Gasteiger partial charge in [-0.05, 0) is 90.5 Å². The Labute approximate surface area is 259 Å². The molecular formula is C33H46N2O7S. The number of hydrogen-bond donors (Lipinski definition) is 1. The number of nitrogens with one attached hydrogen (secondary N) is 1. The third-order valence-corrected chi connectivity index (χ3v) is 10.2. The van der Waals surface area contributed by atoms with E-state index in [9.17, 15) is 14.4 Å². The van der Waals surface area contributed by atoms with Crippen molar-refractivity contribution in [3.05, 3.63) is 15.8 Å². The van der Waals surface area contributed by atoms with E-state index in [1.807, 2.05) is 31.7 Å². The van der Waals surface area contributed by atoms with E-state index >= 15 is 0 Å². The quantitative estimate of drug-likeness (QED) is 0.315. The third-order valence-electron chi connectivity index (χ3n) is 9.13. The van der Waals surface area contributed by atoms with E-state index in [1.54, 1.807) is 0 Å². The highest BCUT2D eigenvalue weighted by atomic mass is 32.1. The summed E-state index contributed by atoms with van der Waals surface area (Å²) in [6.07, 6.45) is 6.41. The molecule has 0 aromatic carbocycles. The summed E-state index contributed by atoms with van der Waals surface area (Å²) in [5.41, 5.74) is 0.400. The maximum absolute atomic E-state index is 14.3. The van der Waals surface area contributed by atoms with Gasteiger partial charge in [0.05, 0.1) is 36.8 Å². The highest BCUT2D eigenvalue weighted by Gasteiger charge is 2.44. The molecule has 0 radical (unpaired) electrons. The van der Waals surface area contributed by atoms with Crippen molar-refractivity contribution >= 4 is 35.0 Å². The van der Waals surface area contributed by atoms with Crippen LogP contribution in [0.25, 0.3) is 0 Å². The van der Waals surface area contributed by atoms with Crippen LogP contribution in [-0.4, -0.2) is 62.8 Å². The number of ether oxygens (including phenoxy) is 4. The number of rotatable bonds is 6. The number of carbonyl (C=O) groups is 3. The van der Waals surface area contributed by atoms with Crippen LogP contribution in [0.2, 0.25) is 0 Å². The lowest BCUT2D eigenvalue weighted by atomic mass is 9.81. The van der Waals surface area contributed by atoms with Gasteiger partial charge in [-0.2, -0.15) is 0 Å². The topological polar surface area (TPSA) is 103 Å². The lowest BCUT2D eigenvalue weighted by Gasteiger charge is -2.39. The van der Waals surface area contributed by atoms with Crippen molar-refractivity contribution in [3.8, 4) is 11.8 Å². The summed E-state index contributed by atoms with van der Waals surface area (Å²) in [7, 11) is 1.37. The largest absolute Gasteiger partial charge is 0.465 e. The number of methoxy groups -OCH3 is 1. The first-order valence-corrected chi connectivity index (χ1v) is 16.6. The molecule has 4 aliphatic rings. The Balaban J connectivity index is 1.32. The van der Waals surface area contributed by atoms with E-state index in [4.69, 9.17) is 18.9 Å². The number of carbonyl (C=O) groups excluding carboxylic acids is 3. The molecule has 43 heavy (non-hydrogen) atoms. The normalized spacial score (nSPS) is 30.5. The molecule has 2 saturated carbocycles. The first kappa shape index (κ1) is 31.8. The van der Waals surface area contributed by atoms with Crippen LogP contribution in [0.3, 0.4) is 0 Å². The molecule has 0 bridgehead atoms. The van der Waals surface area contributed by atoms with E-state index < -0.39 is 12.1 Å². The summed E-state index contributed by atoms with van der Waals surface area (Å²) in [6, 6.07) is 1.75. The van der Waals surface area contributed by atoms with Crippen molar-refractivity contribution < 1.29 is 33.3 Å². The van der Waals surface area contributed by atoms with Crippen molar-refractivity contribution in [1.82, 2.24) is 5.32 Å². The van der Waals surface area contributed by atoms with E-state index in [0.29, 0.717) is 55.4 Å². The lowest BCUT2D eigenvalue weighted by Crippen LogP contribution is -2.49. The second kappa shape index (κ2) is 13.6. The molecule has 1 N–H and O–H groups in total. The number of fused-ring (bicyclic) bond motifs is 1. The minimum Gasteiger partial charge on any atom is -0.465 e. The molecule has 0 unspecified atom stereocenters. The number of thiophene rings is 1. The zero-order valence-electron chi connectivity index (χ0n) is 26.1. The fourth-order valence-corrected chi connectivity index (χ4v) is 7.59. The van der Waals surface area contributed by atoms with Gasteiger partial charge >= 0.3 is 12.1 Å². The molecule has 4 fully saturated rings. The van der Waals surface area contributed by atoms with Gasteiger partial charge in [0, 0.05) is 23.4 Å². The van der Waals surface area contributed by atoms with Gasteiger partial charge in [-0.15, -0.1) is 11.3 Å². The van der Waals surface area contributed by atoms with Crippen LogP contribution in [-0.2, 0) is 23.7 Å². The summed E-state index contributed by atoms with van der Waals surface area (Å²) >= 11 is 1.29. The molecule has 2 aliphatic heterocycles. The SMILES string of the molecule is COC(=O)c1sc(C#CC(C)(C)C)cc1N(C(=O)C1CCC(C)CC1)C1CCC(NC(=O)O[C@H]2CO[C@H]3OCC[C@H]32)CC1. The molecule has 10 heteroatoms. The molecule has 9 nitrogen and oxygen atoms in total. The summed E-state index contributed by atoms with van der Waals surface area (Å²) in [5, 5.41) is 3.04. The van der Waals surface area contributed by atoms with Crippen LogP contribution in [0.5, 0.6) is 0 Å².